The highest BCUT2D eigenvalue weighted by molar-refractivity contribution is 7.90. The molecule has 0 saturated heterocycles. The van der Waals surface area contributed by atoms with E-state index in [2.05, 4.69) is 14.8 Å². The Bertz CT molecular complexity index is 764. The zero-order chi connectivity index (χ0) is 17.8. The molecule has 0 heterocycles. The van der Waals surface area contributed by atoms with E-state index < -0.39 is 21.8 Å². The second kappa shape index (κ2) is 7.28. The molecule has 0 aliphatic carbocycles. The molecule has 0 atom stereocenters. The Balaban J connectivity index is 3.37. The summed E-state index contributed by atoms with van der Waals surface area (Å²) < 4.78 is 32.7. The number of nitrogens with one attached hydrogen (secondary N) is 1. The molecule has 0 unspecified atom stereocenters. The maximum absolute atomic E-state index is 11.8. The largest absolute Gasteiger partial charge is 0.466 e. The summed E-state index contributed by atoms with van der Waals surface area (Å²) in [4.78, 5) is 23.2. The van der Waals surface area contributed by atoms with Crippen molar-refractivity contribution in [2.45, 2.75) is 18.7 Å². The minimum absolute atomic E-state index is 0.132. The Morgan fingerprint density at radius 3 is 2.17 bits per heavy atom. The minimum Gasteiger partial charge on any atom is -0.466 e. The van der Waals surface area contributed by atoms with Crippen molar-refractivity contribution < 1.29 is 27.5 Å². The van der Waals surface area contributed by atoms with Crippen molar-refractivity contribution in [2.24, 2.45) is 0 Å². The Kier molecular flexibility index (Phi) is 5.91. The van der Waals surface area contributed by atoms with Crippen molar-refractivity contribution in [1.29, 1.82) is 0 Å². The molecule has 0 spiro atoms. The SMILES string of the molecule is COC(=O)/C=C(/Nc1cc(S(C)(=O)=O)c(C)cc1C)C(=O)OC. The summed E-state index contributed by atoms with van der Waals surface area (Å²) in [5.41, 5.74) is 1.50. The number of carbonyl (C=O) groups excluding carboxylic acids is 2. The lowest BCUT2D eigenvalue weighted by atomic mass is 10.1. The van der Waals surface area contributed by atoms with Gasteiger partial charge in [-0.1, -0.05) is 6.07 Å². The molecular weight excluding hydrogens is 322 g/mol. The number of anilines is 1. The van der Waals surface area contributed by atoms with Crippen molar-refractivity contribution in [3.05, 3.63) is 35.0 Å². The molecule has 23 heavy (non-hydrogen) atoms. The van der Waals surface area contributed by atoms with Crippen LogP contribution >= 0.6 is 0 Å². The molecule has 0 radical (unpaired) electrons. The molecule has 1 aromatic rings. The van der Waals surface area contributed by atoms with Gasteiger partial charge in [0.2, 0.25) is 0 Å². The number of rotatable bonds is 5. The summed E-state index contributed by atoms with van der Waals surface area (Å²) >= 11 is 0. The number of hydrogen-bond acceptors (Lipinski definition) is 7. The van der Waals surface area contributed by atoms with Gasteiger partial charge in [0.05, 0.1) is 25.2 Å². The second-order valence-electron chi connectivity index (χ2n) is 4.90. The van der Waals surface area contributed by atoms with E-state index in [1.54, 1.807) is 19.9 Å². The first-order chi connectivity index (χ1) is 10.6. The fraction of sp³-hybridized carbons (Fsp3) is 0.333. The van der Waals surface area contributed by atoms with Crippen molar-refractivity contribution >= 4 is 27.5 Å². The molecule has 0 fully saturated rings. The molecule has 1 rings (SSSR count). The van der Waals surface area contributed by atoms with E-state index in [1.165, 1.54) is 20.3 Å². The number of aryl methyl sites for hydroxylation is 2. The van der Waals surface area contributed by atoms with Gasteiger partial charge in [-0.05, 0) is 31.0 Å². The van der Waals surface area contributed by atoms with Gasteiger partial charge in [0.15, 0.2) is 9.84 Å². The quantitative estimate of drug-likeness (QED) is 0.637. The van der Waals surface area contributed by atoms with Crippen LogP contribution < -0.4 is 5.32 Å². The summed E-state index contributed by atoms with van der Waals surface area (Å²) in [6.45, 7) is 3.42. The van der Waals surface area contributed by atoms with E-state index in [9.17, 15) is 18.0 Å². The van der Waals surface area contributed by atoms with Crippen LogP contribution in [0.15, 0.2) is 28.8 Å². The van der Waals surface area contributed by atoms with E-state index >= 15 is 0 Å². The van der Waals surface area contributed by atoms with Gasteiger partial charge in [-0.2, -0.15) is 0 Å². The van der Waals surface area contributed by atoms with E-state index in [4.69, 9.17) is 0 Å². The Labute approximate surface area is 135 Å². The maximum Gasteiger partial charge on any atom is 0.354 e. The number of methoxy groups -OCH3 is 2. The number of benzene rings is 1. The summed E-state index contributed by atoms with van der Waals surface area (Å²) in [6, 6.07) is 3.08. The third-order valence-corrected chi connectivity index (χ3v) is 4.30. The molecule has 0 saturated carbocycles. The number of ether oxygens (including phenoxy) is 2. The third kappa shape index (κ3) is 4.82. The number of hydrogen-bond donors (Lipinski definition) is 1. The third-order valence-electron chi connectivity index (χ3n) is 3.06. The first kappa shape index (κ1) is 18.7. The normalized spacial score (nSPS) is 11.8. The lowest BCUT2D eigenvalue weighted by Gasteiger charge is -2.14. The second-order valence-corrected chi connectivity index (χ2v) is 6.89. The standard InChI is InChI=1S/C15H19NO6S/c1-9-6-10(2)13(23(5,19)20)7-11(9)16-12(15(18)22-4)8-14(17)21-3/h6-8,16H,1-5H3/b12-8+. The lowest BCUT2D eigenvalue weighted by Crippen LogP contribution is -2.16. The highest BCUT2D eigenvalue weighted by atomic mass is 32.2. The van der Waals surface area contributed by atoms with Crippen molar-refractivity contribution in [1.82, 2.24) is 0 Å². The summed E-state index contributed by atoms with van der Waals surface area (Å²) in [5.74, 6) is -1.53. The molecule has 0 aliphatic heterocycles. The Hall–Kier alpha value is -2.35. The predicted molar refractivity (Wildman–Crippen MR) is 84.8 cm³/mol. The predicted octanol–water partition coefficient (Wildman–Crippen LogP) is 1.35. The number of sulfone groups is 1. The summed E-state index contributed by atoms with van der Waals surface area (Å²) in [7, 11) is -1.09. The highest BCUT2D eigenvalue weighted by Gasteiger charge is 2.17. The smallest absolute Gasteiger partial charge is 0.354 e. The fourth-order valence-electron chi connectivity index (χ4n) is 1.94. The molecular formula is C15H19NO6S. The maximum atomic E-state index is 11.8. The van der Waals surface area contributed by atoms with E-state index in [-0.39, 0.29) is 10.6 Å². The molecule has 0 aliphatic rings. The van der Waals surface area contributed by atoms with Crippen LogP contribution in [0.1, 0.15) is 11.1 Å². The van der Waals surface area contributed by atoms with Crippen LogP contribution in [-0.4, -0.2) is 40.8 Å². The molecule has 1 aromatic carbocycles. The van der Waals surface area contributed by atoms with Gasteiger partial charge >= 0.3 is 11.9 Å². The molecule has 1 N–H and O–H groups in total. The Morgan fingerprint density at radius 1 is 1.09 bits per heavy atom. The van der Waals surface area contributed by atoms with Gasteiger partial charge in [-0.25, -0.2) is 18.0 Å². The van der Waals surface area contributed by atoms with Gasteiger partial charge in [0, 0.05) is 11.9 Å². The average molecular weight is 341 g/mol. The first-order valence-corrected chi connectivity index (χ1v) is 8.45. The topological polar surface area (TPSA) is 98.8 Å². The molecule has 8 heteroatoms. The van der Waals surface area contributed by atoms with E-state index in [1.807, 2.05) is 0 Å². The Morgan fingerprint density at radius 2 is 1.70 bits per heavy atom. The van der Waals surface area contributed by atoms with Crippen molar-refractivity contribution in [3.63, 3.8) is 0 Å². The van der Waals surface area contributed by atoms with Gasteiger partial charge in [0.1, 0.15) is 5.70 Å². The number of esters is 2. The summed E-state index contributed by atoms with van der Waals surface area (Å²) in [6.07, 6.45) is 2.03. The van der Waals surface area contributed by atoms with Gasteiger partial charge in [-0.15, -0.1) is 0 Å². The molecule has 7 nitrogen and oxygen atoms in total. The molecule has 126 valence electrons. The number of carbonyl (C=O) groups is 2. The van der Waals surface area contributed by atoms with Gasteiger partial charge in [-0.3, -0.25) is 0 Å². The van der Waals surface area contributed by atoms with E-state index in [0.717, 1.165) is 12.3 Å². The van der Waals surface area contributed by atoms with Crippen LogP contribution in [0.3, 0.4) is 0 Å². The zero-order valence-corrected chi connectivity index (χ0v) is 14.4. The highest BCUT2D eigenvalue weighted by Crippen LogP contribution is 2.25. The first-order valence-electron chi connectivity index (χ1n) is 6.56. The molecule has 0 amide bonds. The van der Waals surface area contributed by atoms with Crippen LogP contribution in [0.2, 0.25) is 0 Å². The summed E-state index contributed by atoms with van der Waals surface area (Å²) in [5, 5.41) is 2.72. The van der Waals surface area contributed by atoms with Crippen molar-refractivity contribution in [3.8, 4) is 0 Å². The van der Waals surface area contributed by atoms with E-state index in [0.29, 0.717) is 16.8 Å². The minimum atomic E-state index is -3.43. The van der Waals surface area contributed by atoms with Crippen molar-refractivity contribution in [2.75, 3.05) is 25.8 Å². The zero-order valence-electron chi connectivity index (χ0n) is 13.6. The van der Waals surface area contributed by atoms with Crippen LogP contribution in [0, 0.1) is 13.8 Å². The van der Waals surface area contributed by atoms with Gasteiger partial charge in [0.25, 0.3) is 0 Å². The molecule has 0 bridgehead atoms. The van der Waals surface area contributed by atoms with Crippen LogP contribution in [0.25, 0.3) is 0 Å². The van der Waals surface area contributed by atoms with Crippen LogP contribution in [0.5, 0.6) is 0 Å². The van der Waals surface area contributed by atoms with Crippen LogP contribution in [-0.2, 0) is 28.9 Å². The average Bonchev–Trinajstić information content (AvgIpc) is 2.46. The molecule has 0 aromatic heterocycles. The van der Waals surface area contributed by atoms with Crippen LogP contribution in [0.4, 0.5) is 5.69 Å². The monoisotopic (exact) mass is 341 g/mol. The van der Waals surface area contributed by atoms with Gasteiger partial charge < -0.3 is 14.8 Å². The lowest BCUT2D eigenvalue weighted by molar-refractivity contribution is -0.138. The fourth-order valence-corrected chi connectivity index (χ4v) is 2.92.